The molecule has 0 saturated carbocycles. The van der Waals surface area contributed by atoms with Gasteiger partial charge in [0.25, 0.3) is 5.91 Å². The zero-order chi connectivity index (χ0) is 23.2. The number of phenols is 1. The summed E-state index contributed by atoms with van der Waals surface area (Å²) in [5.74, 6) is -1.57. The Bertz CT molecular complexity index is 1290. The third-order valence-electron chi connectivity index (χ3n) is 5.05. The standard InChI is InChI=1S/C27H21NO5/c29-21-12-14-23(25(16-21)33-17-18-7-3-1-4-8-18)26(30)28-24-15-20(11-13-22(24)27(31)32)19-9-5-2-6-10-19/h1-16,29H,17H2,(H,28,30)(H,31,32). The highest BCUT2D eigenvalue weighted by Gasteiger charge is 2.18. The van der Waals surface area contributed by atoms with Gasteiger partial charge in [-0.25, -0.2) is 4.79 Å². The van der Waals surface area contributed by atoms with Gasteiger partial charge in [0.15, 0.2) is 0 Å². The number of carboxylic acid groups (broad SMARTS) is 1. The summed E-state index contributed by atoms with van der Waals surface area (Å²) in [4.78, 5) is 24.9. The number of ether oxygens (including phenoxy) is 1. The van der Waals surface area contributed by atoms with Gasteiger partial charge in [-0.05, 0) is 41.0 Å². The van der Waals surface area contributed by atoms with Crippen molar-refractivity contribution in [1.82, 2.24) is 0 Å². The first-order valence-electron chi connectivity index (χ1n) is 10.2. The quantitative estimate of drug-likeness (QED) is 0.349. The van der Waals surface area contributed by atoms with Crippen LogP contribution in [-0.4, -0.2) is 22.1 Å². The van der Waals surface area contributed by atoms with Crippen LogP contribution in [0.15, 0.2) is 97.1 Å². The number of anilines is 1. The van der Waals surface area contributed by atoms with Crippen molar-refractivity contribution in [3.63, 3.8) is 0 Å². The van der Waals surface area contributed by atoms with Crippen LogP contribution in [0.3, 0.4) is 0 Å². The van der Waals surface area contributed by atoms with Crippen LogP contribution in [0.1, 0.15) is 26.3 Å². The third kappa shape index (κ3) is 5.19. The van der Waals surface area contributed by atoms with Crippen LogP contribution in [0.2, 0.25) is 0 Å². The number of hydrogen-bond acceptors (Lipinski definition) is 4. The molecule has 0 aromatic heterocycles. The lowest BCUT2D eigenvalue weighted by Crippen LogP contribution is -2.16. The predicted octanol–water partition coefficient (Wildman–Crippen LogP) is 5.59. The molecule has 4 aromatic carbocycles. The molecule has 3 N–H and O–H groups in total. The van der Waals surface area contributed by atoms with Gasteiger partial charge >= 0.3 is 5.97 Å². The van der Waals surface area contributed by atoms with Crippen molar-refractivity contribution in [3.8, 4) is 22.6 Å². The van der Waals surface area contributed by atoms with Gasteiger partial charge in [0.2, 0.25) is 0 Å². The molecular weight excluding hydrogens is 418 g/mol. The Morgan fingerprint density at radius 2 is 1.42 bits per heavy atom. The average Bonchev–Trinajstić information content (AvgIpc) is 2.83. The minimum atomic E-state index is -1.16. The van der Waals surface area contributed by atoms with E-state index in [0.29, 0.717) is 0 Å². The highest BCUT2D eigenvalue weighted by Crippen LogP contribution is 2.29. The Balaban J connectivity index is 1.63. The van der Waals surface area contributed by atoms with E-state index in [2.05, 4.69) is 5.32 Å². The minimum Gasteiger partial charge on any atom is -0.508 e. The van der Waals surface area contributed by atoms with E-state index in [1.54, 1.807) is 12.1 Å². The van der Waals surface area contributed by atoms with Gasteiger partial charge in [0.05, 0.1) is 16.8 Å². The molecule has 0 unspecified atom stereocenters. The Hall–Kier alpha value is -4.58. The topological polar surface area (TPSA) is 95.9 Å². The van der Waals surface area contributed by atoms with Crippen LogP contribution in [0.5, 0.6) is 11.5 Å². The van der Waals surface area contributed by atoms with Crippen molar-refractivity contribution in [2.24, 2.45) is 0 Å². The van der Waals surface area contributed by atoms with Crippen LogP contribution in [0.4, 0.5) is 5.69 Å². The number of carbonyl (C=O) groups excluding carboxylic acids is 1. The summed E-state index contributed by atoms with van der Waals surface area (Å²) in [5, 5.41) is 22.2. The summed E-state index contributed by atoms with van der Waals surface area (Å²) in [6.07, 6.45) is 0. The molecule has 164 valence electrons. The van der Waals surface area contributed by atoms with E-state index in [0.717, 1.165) is 16.7 Å². The Labute approximate surface area is 190 Å². The summed E-state index contributed by atoms with van der Waals surface area (Å²) in [6.45, 7) is 0.203. The van der Waals surface area contributed by atoms with Crippen molar-refractivity contribution in [2.75, 3.05) is 5.32 Å². The molecule has 0 heterocycles. The first kappa shape index (κ1) is 21.6. The summed E-state index contributed by atoms with van der Waals surface area (Å²) in [7, 11) is 0. The number of benzene rings is 4. The monoisotopic (exact) mass is 439 g/mol. The average molecular weight is 439 g/mol. The Morgan fingerprint density at radius 3 is 2.12 bits per heavy atom. The lowest BCUT2D eigenvalue weighted by atomic mass is 10.0. The number of carbonyl (C=O) groups is 2. The molecule has 1 amide bonds. The van der Waals surface area contributed by atoms with Gasteiger partial charge < -0.3 is 20.3 Å². The molecule has 0 aliphatic rings. The highest BCUT2D eigenvalue weighted by atomic mass is 16.5. The molecule has 0 saturated heterocycles. The lowest BCUT2D eigenvalue weighted by molar-refractivity contribution is 0.0698. The summed E-state index contributed by atoms with van der Waals surface area (Å²) >= 11 is 0. The van der Waals surface area contributed by atoms with E-state index in [9.17, 15) is 19.8 Å². The first-order chi connectivity index (χ1) is 16.0. The minimum absolute atomic E-state index is 0.0337. The van der Waals surface area contributed by atoms with Crippen molar-refractivity contribution < 1.29 is 24.5 Å². The smallest absolute Gasteiger partial charge is 0.337 e. The number of hydrogen-bond donors (Lipinski definition) is 3. The van der Waals surface area contributed by atoms with Crippen LogP contribution in [-0.2, 0) is 6.61 Å². The Morgan fingerprint density at radius 1 is 0.758 bits per heavy atom. The van der Waals surface area contributed by atoms with Crippen molar-refractivity contribution >= 4 is 17.6 Å². The molecule has 0 aliphatic carbocycles. The molecule has 0 aliphatic heterocycles. The zero-order valence-corrected chi connectivity index (χ0v) is 17.6. The fourth-order valence-electron chi connectivity index (χ4n) is 3.39. The molecule has 0 atom stereocenters. The first-order valence-corrected chi connectivity index (χ1v) is 10.2. The molecule has 0 spiro atoms. The van der Waals surface area contributed by atoms with E-state index in [4.69, 9.17) is 4.74 Å². The maximum absolute atomic E-state index is 13.1. The number of amides is 1. The summed E-state index contributed by atoms with van der Waals surface area (Å²) in [5.41, 5.74) is 2.86. The number of rotatable bonds is 7. The van der Waals surface area contributed by atoms with Gasteiger partial charge in [-0.2, -0.15) is 0 Å². The second kappa shape index (κ2) is 9.70. The number of aromatic hydroxyl groups is 1. The van der Waals surface area contributed by atoms with Crippen LogP contribution >= 0.6 is 0 Å². The molecular formula is C27H21NO5. The largest absolute Gasteiger partial charge is 0.508 e. The van der Waals surface area contributed by atoms with Gasteiger partial charge in [0, 0.05) is 6.07 Å². The van der Waals surface area contributed by atoms with Crippen molar-refractivity contribution in [1.29, 1.82) is 0 Å². The van der Waals surface area contributed by atoms with E-state index >= 15 is 0 Å². The van der Waals surface area contributed by atoms with Gasteiger partial charge in [-0.3, -0.25) is 4.79 Å². The van der Waals surface area contributed by atoms with Gasteiger partial charge in [-0.1, -0.05) is 66.7 Å². The van der Waals surface area contributed by atoms with Gasteiger partial charge in [-0.15, -0.1) is 0 Å². The van der Waals surface area contributed by atoms with Crippen molar-refractivity contribution in [3.05, 3.63) is 114 Å². The molecule has 4 rings (SSSR count). The van der Waals surface area contributed by atoms with E-state index in [1.165, 1.54) is 24.3 Å². The molecule has 6 heteroatoms. The van der Waals surface area contributed by atoms with E-state index < -0.39 is 11.9 Å². The normalized spacial score (nSPS) is 10.4. The van der Waals surface area contributed by atoms with Crippen LogP contribution < -0.4 is 10.1 Å². The number of aromatic carboxylic acids is 1. The number of phenolic OH excluding ortho intramolecular Hbond substituents is 1. The molecule has 0 fully saturated rings. The molecule has 0 bridgehead atoms. The third-order valence-corrected chi connectivity index (χ3v) is 5.05. The zero-order valence-electron chi connectivity index (χ0n) is 17.6. The second-order valence-corrected chi connectivity index (χ2v) is 7.34. The summed E-state index contributed by atoms with van der Waals surface area (Å²) in [6, 6.07) is 27.8. The van der Waals surface area contributed by atoms with E-state index in [-0.39, 0.29) is 34.9 Å². The second-order valence-electron chi connectivity index (χ2n) is 7.34. The molecule has 33 heavy (non-hydrogen) atoms. The lowest BCUT2D eigenvalue weighted by Gasteiger charge is -2.14. The maximum atomic E-state index is 13.1. The van der Waals surface area contributed by atoms with Crippen molar-refractivity contribution in [2.45, 2.75) is 6.61 Å². The summed E-state index contributed by atoms with van der Waals surface area (Å²) < 4.78 is 5.80. The molecule has 6 nitrogen and oxygen atoms in total. The van der Waals surface area contributed by atoms with Gasteiger partial charge in [0.1, 0.15) is 18.1 Å². The number of nitrogens with one attached hydrogen (secondary N) is 1. The Kier molecular flexibility index (Phi) is 6.36. The molecule has 4 aromatic rings. The SMILES string of the molecule is O=C(O)c1ccc(-c2ccccc2)cc1NC(=O)c1ccc(O)cc1OCc1ccccc1. The number of carboxylic acids is 1. The van der Waals surface area contributed by atoms with E-state index in [1.807, 2.05) is 60.7 Å². The van der Waals surface area contributed by atoms with Crippen LogP contribution in [0, 0.1) is 0 Å². The maximum Gasteiger partial charge on any atom is 0.337 e. The fraction of sp³-hybridized carbons (Fsp3) is 0.0370. The fourth-order valence-corrected chi connectivity index (χ4v) is 3.39. The highest BCUT2D eigenvalue weighted by molar-refractivity contribution is 6.09. The van der Waals surface area contributed by atoms with Crippen LogP contribution in [0.25, 0.3) is 11.1 Å². The molecule has 0 radical (unpaired) electrons. The predicted molar refractivity (Wildman–Crippen MR) is 126 cm³/mol.